The largest absolute Gasteiger partial charge is 0.385 e. The monoisotopic (exact) mass is 269 g/mol. The summed E-state index contributed by atoms with van der Waals surface area (Å²) in [6.07, 6.45) is 1.18. The first-order valence-corrected chi connectivity index (χ1v) is 6.18. The molecule has 0 atom stereocenters. The van der Waals surface area contributed by atoms with Crippen LogP contribution in [0.3, 0.4) is 0 Å². The topological polar surface area (TPSA) is 12.0 Å². The van der Waals surface area contributed by atoms with Crippen LogP contribution in [-0.2, 0) is 0 Å². The van der Waals surface area contributed by atoms with E-state index in [4.69, 9.17) is 0 Å². The summed E-state index contributed by atoms with van der Waals surface area (Å²) in [6, 6.07) is 6.34. The lowest BCUT2D eigenvalue weighted by Gasteiger charge is -2.19. The van der Waals surface area contributed by atoms with Crippen LogP contribution in [0.15, 0.2) is 22.7 Å². The first-order chi connectivity index (χ1) is 6.88. The predicted octanol–water partition coefficient (Wildman–Crippen LogP) is 4.61. The molecule has 2 heteroatoms. The summed E-state index contributed by atoms with van der Waals surface area (Å²) in [7, 11) is 0. The quantitative estimate of drug-likeness (QED) is 0.846. The molecule has 0 unspecified atom stereocenters. The third kappa shape index (κ3) is 4.70. The molecule has 84 valence electrons. The summed E-state index contributed by atoms with van der Waals surface area (Å²) in [5.41, 5.74) is 2.92. The molecular formula is C13H20BrN. The van der Waals surface area contributed by atoms with E-state index in [-0.39, 0.29) is 0 Å². The molecule has 0 aromatic heterocycles. The summed E-state index contributed by atoms with van der Waals surface area (Å²) in [5.74, 6) is 0. The Kier molecular flexibility index (Phi) is 4.21. The van der Waals surface area contributed by atoms with Crippen LogP contribution in [0, 0.1) is 12.3 Å². The summed E-state index contributed by atoms with van der Waals surface area (Å²) >= 11 is 3.49. The van der Waals surface area contributed by atoms with Crippen molar-refractivity contribution in [3.8, 4) is 0 Å². The third-order valence-electron chi connectivity index (χ3n) is 2.39. The molecule has 1 nitrogen and oxygen atoms in total. The fourth-order valence-corrected chi connectivity index (χ4v) is 1.72. The molecule has 0 saturated heterocycles. The fourth-order valence-electron chi connectivity index (χ4n) is 1.36. The Morgan fingerprint density at radius 1 is 1.27 bits per heavy atom. The molecule has 0 radical (unpaired) electrons. The molecular weight excluding hydrogens is 250 g/mol. The van der Waals surface area contributed by atoms with Crippen LogP contribution in [-0.4, -0.2) is 6.54 Å². The van der Waals surface area contributed by atoms with Crippen molar-refractivity contribution in [2.24, 2.45) is 5.41 Å². The SMILES string of the molecule is Cc1ccc(Br)cc1NCCC(C)(C)C. The Morgan fingerprint density at radius 2 is 1.93 bits per heavy atom. The van der Waals surface area contributed by atoms with Crippen LogP contribution < -0.4 is 5.32 Å². The Labute approximate surface area is 101 Å². The molecule has 1 aromatic rings. The van der Waals surface area contributed by atoms with Gasteiger partial charge >= 0.3 is 0 Å². The van der Waals surface area contributed by atoms with Crippen molar-refractivity contribution >= 4 is 21.6 Å². The van der Waals surface area contributed by atoms with Crippen LogP contribution in [0.2, 0.25) is 0 Å². The van der Waals surface area contributed by atoms with Crippen molar-refractivity contribution < 1.29 is 0 Å². The summed E-state index contributed by atoms with van der Waals surface area (Å²) < 4.78 is 1.13. The van der Waals surface area contributed by atoms with Crippen molar-refractivity contribution in [3.05, 3.63) is 28.2 Å². The van der Waals surface area contributed by atoms with E-state index in [2.05, 4.69) is 67.1 Å². The lowest BCUT2D eigenvalue weighted by Crippen LogP contribution is -2.13. The molecule has 1 N–H and O–H groups in total. The van der Waals surface area contributed by atoms with E-state index in [0.717, 1.165) is 11.0 Å². The maximum absolute atomic E-state index is 3.49. The van der Waals surface area contributed by atoms with Gasteiger partial charge in [0.15, 0.2) is 0 Å². The minimum absolute atomic E-state index is 0.396. The second-order valence-corrected chi connectivity index (χ2v) is 6.11. The number of aryl methyl sites for hydroxylation is 1. The van der Waals surface area contributed by atoms with Gasteiger partial charge in [-0.2, -0.15) is 0 Å². The molecule has 0 aliphatic rings. The van der Waals surface area contributed by atoms with E-state index in [1.54, 1.807) is 0 Å². The average molecular weight is 270 g/mol. The zero-order valence-electron chi connectivity index (χ0n) is 10.0. The van der Waals surface area contributed by atoms with E-state index in [9.17, 15) is 0 Å². The van der Waals surface area contributed by atoms with E-state index < -0.39 is 0 Å². The Morgan fingerprint density at radius 3 is 2.53 bits per heavy atom. The zero-order chi connectivity index (χ0) is 11.5. The summed E-state index contributed by atoms with van der Waals surface area (Å²) in [4.78, 5) is 0. The van der Waals surface area contributed by atoms with Crippen molar-refractivity contribution in [2.45, 2.75) is 34.1 Å². The summed E-state index contributed by atoms with van der Waals surface area (Å²) in [5, 5.41) is 3.48. The Hall–Kier alpha value is -0.500. The molecule has 0 spiro atoms. The average Bonchev–Trinajstić information content (AvgIpc) is 2.09. The highest BCUT2D eigenvalue weighted by molar-refractivity contribution is 9.10. The van der Waals surface area contributed by atoms with Gasteiger partial charge in [-0.15, -0.1) is 0 Å². The van der Waals surface area contributed by atoms with Gasteiger partial charge < -0.3 is 5.32 Å². The Bertz CT molecular complexity index is 326. The van der Waals surface area contributed by atoms with Crippen LogP contribution in [0.4, 0.5) is 5.69 Å². The second-order valence-electron chi connectivity index (χ2n) is 5.20. The number of anilines is 1. The maximum Gasteiger partial charge on any atom is 0.0381 e. The zero-order valence-corrected chi connectivity index (χ0v) is 11.6. The van der Waals surface area contributed by atoms with Gasteiger partial charge in [-0.25, -0.2) is 0 Å². The minimum Gasteiger partial charge on any atom is -0.385 e. The molecule has 1 aromatic carbocycles. The molecule has 0 amide bonds. The standard InChI is InChI=1S/C13H20BrN/c1-10-5-6-11(14)9-12(10)15-8-7-13(2,3)4/h5-6,9,15H,7-8H2,1-4H3. The highest BCUT2D eigenvalue weighted by atomic mass is 79.9. The number of rotatable bonds is 3. The number of halogens is 1. The van der Waals surface area contributed by atoms with Crippen molar-refractivity contribution in [2.75, 3.05) is 11.9 Å². The number of hydrogen-bond acceptors (Lipinski definition) is 1. The van der Waals surface area contributed by atoms with Gasteiger partial charge in [-0.05, 0) is 36.5 Å². The minimum atomic E-state index is 0.396. The van der Waals surface area contributed by atoms with E-state index >= 15 is 0 Å². The molecule has 0 fully saturated rings. The smallest absolute Gasteiger partial charge is 0.0381 e. The molecule has 0 saturated carbocycles. The number of hydrogen-bond donors (Lipinski definition) is 1. The van der Waals surface area contributed by atoms with Crippen molar-refractivity contribution in [3.63, 3.8) is 0 Å². The van der Waals surface area contributed by atoms with Crippen LogP contribution in [0.5, 0.6) is 0 Å². The van der Waals surface area contributed by atoms with Gasteiger partial charge in [0.2, 0.25) is 0 Å². The fraction of sp³-hybridized carbons (Fsp3) is 0.538. The van der Waals surface area contributed by atoms with Crippen LogP contribution in [0.25, 0.3) is 0 Å². The van der Waals surface area contributed by atoms with Gasteiger partial charge in [0.25, 0.3) is 0 Å². The third-order valence-corrected chi connectivity index (χ3v) is 2.88. The molecule has 0 bridgehead atoms. The van der Waals surface area contributed by atoms with Crippen LogP contribution in [0.1, 0.15) is 32.8 Å². The van der Waals surface area contributed by atoms with E-state index in [1.807, 2.05) is 0 Å². The van der Waals surface area contributed by atoms with Gasteiger partial charge in [-0.3, -0.25) is 0 Å². The molecule has 0 aliphatic carbocycles. The van der Waals surface area contributed by atoms with Crippen molar-refractivity contribution in [1.82, 2.24) is 0 Å². The van der Waals surface area contributed by atoms with E-state index in [0.29, 0.717) is 5.41 Å². The highest BCUT2D eigenvalue weighted by Crippen LogP contribution is 2.22. The lowest BCUT2D eigenvalue weighted by atomic mass is 9.92. The number of benzene rings is 1. The van der Waals surface area contributed by atoms with Crippen LogP contribution >= 0.6 is 15.9 Å². The molecule has 0 aliphatic heterocycles. The Balaban J connectivity index is 2.54. The van der Waals surface area contributed by atoms with Gasteiger partial charge in [0.05, 0.1) is 0 Å². The molecule has 15 heavy (non-hydrogen) atoms. The van der Waals surface area contributed by atoms with Crippen molar-refractivity contribution in [1.29, 1.82) is 0 Å². The summed E-state index contributed by atoms with van der Waals surface area (Å²) in [6.45, 7) is 9.96. The normalized spacial score (nSPS) is 11.5. The van der Waals surface area contributed by atoms with Gasteiger partial charge in [0.1, 0.15) is 0 Å². The lowest BCUT2D eigenvalue weighted by molar-refractivity contribution is 0.390. The highest BCUT2D eigenvalue weighted by Gasteiger charge is 2.09. The second kappa shape index (κ2) is 5.02. The van der Waals surface area contributed by atoms with Gasteiger partial charge in [0, 0.05) is 16.7 Å². The van der Waals surface area contributed by atoms with Gasteiger partial charge in [-0.1, -0.05) is 42.8 Å². The predicted molar refractivity (Wildman–Crippen MR) is 71.4 cm³/mol. The molecule has 0 heterocycles. The number of nitrogens with one attached hydrogen (secondary N) is 1. The first kappa shape index (κ1) is 12.6. The first-order valence-electron chi connectivity index (χ1n) is 5.38. The molecule has 1 rings (SSSR count). The van der Waals surface area contributed by atoms with E-state index in [1.165, 1.54) is 17.7 Å². The maximum atomic E-state index is 3.49.